The van der Waals surface area contributed by atoms with E-state index in [0.29, 0.717) is 11.5 Å². The Hall–Kier alpha value is -2.00. The van der Waals surface area contributed by atoms with Gasteiger partial charge in [-0.15, -0.1) is 0 Å². The van der Waals surface area contributed by atoms with Crippen molar-refractivity contribution in [2.75, 3.05) is 23.3 Å². The van der Waals surface area contributed by atoms with Gasteiger partial charge in [0.25, 0.3) is 0 Å². The van der Waals surface area contributed by atoms with Crippen LogP contribution in [0.4, 0.5) is 11.4 Å². The highest BCUT2D eigenvalue weighted by Gasteiger charge is 2.42. The SMILES string of the molecule is C1=CN2c3ccccc3NC=C3CC4(C=C1C32)CCNCC4. The van der Waals surface area contributed by atoms with Crippen LogP contribution < -0.4 is 15.5 Å². The Labute approximate surface area is 131 Å². The van der Waals surface area contributed by atoms with Crippen LogP contribution in [0.5, 0.6) is 0 Å². The van der Waals surface area contributed by atoms with Gasteiger partial charge in [0.1, 0.15) is 0 Å². The van der Waals surface area contributed by atoms with Crippen LogP contribution >= 0.6 is 0 Å². The molecule has 112 valence electrons. The molecule has 1 aliphatic carbocycles. The van der Waals surface area contributed by atoms with Crippen LogP contribution in [0.2, 0.25) is 0 Å². The van der Waals surface area contributed by atoms with Crippen LogP contribution in [0, 0.1) is 5.41 Å². The number of piperidine rings is 1. The van der Waals surface area contributed by atoms with Crippen LogP contribution in [0.25, 0.3) is 0 Å². The van der Waals surface area contributed by atoms with Crippen LogP contribution in [0.15, 0.2) is 60.0 Å². The molecule has 1 saturated heterocycles. The highest BCUT2D eigenvalue weighted by molar-refractivity contribution is 5.78. The van der Waals surface area contributed by atoms with E-state index in [1.54, 1.807) is 0 Å². The normalized spacial score (nSPS) is 27.5. The zero-order chi connectivity index (χ0) is 14.6. The van der Waals surface area contributed by atoms with E-state index in [9.17, 15) is 0 Å². The predicted molar refractivity (Wildman–Crippen MR) is 90.8 cm³/mol. The average Bonchev–Trinajstić information content (AvgIpc) is 2.89. The van der Waals surface area contributed by atoms with E-state index >= 15 is 0 Å². The first-order valence-corrected chi connectivity index (χ1v) is 8.29. The van der Waals surface area contributed by atoms with Gasteiger partial charge in [-0.3, -0.25) is 0 Å². The van der Waals surface area contributed by atoms with Crippen molar-refractivity contribution in [3.63, 3.8) is 0 Å². The molecule has 5 rings (SSSR count). The summed E-state index contributed by atoms with van der Waals surface area (Å²) < 4.78 is 0. The number of rotatable bonds is 0. The van der Waals surface area contributed by atoms with Gasteiger partial charge in [-0.2, -0.15) is 0 Å². The lowest BCUT2D eigenvalue weighted by atomic mass is 9.67. The molecule has 3 aliphatic heterocycles. The molecule has 2 N–H and O–H groups in total. The third-order valence-electron chi connectivity index (χ3n) is 5.60. The molecule has 3 nitrogen and oxygen atoms in total. The van der Waals surface area contributed by atoms with E-state index < -0.39 is 0 Å². The van der Waals surface area contributed by atoms with Gasteiger partial charge in [-0.1, -0.05) is 18.2 Å². The fraction of sp³-hybridized carbons (Fsp3) is 0.368. The Kier molecular flexibility index (Phi) is 2.56. The number of hydrogen-bond acceptors (Lipinski definition) is 3. The second-order valence-corrected chi connectivity index (χ2v) is 6.94. The summed E-state index contributed by atoms with van der Waals surface area (Å²) >= 11 is 0. The molecule has 1 unspecified atom stereocenters. The first-order valence-electron chi connectivity index (χ1n) is 8.29. The van der Waals surface area contributed by atoms with Gasteiger partial charge in [0.05, 0.1) is 17.4 Å². The minimum Gasteiger partial charge on any atom is -0.360 e. The Balaban J connectivity index is 1.62. The monoisotopic (exact) mass is 291 g/mol. The minimum absolute atomic E-state index is 0.363. The first kappa shape index (κ1) is 12.5. The molecular weight excluding hydrogens is 270 g/mol. The number of hydrogen-bond donors (Lipinski definition) is 2. The van der Waals surface area contributed by atoms with Crippen molar-refractivity contribution in [2.45, 2.75) is 25.3 Å². The molecular formula is C19H21N3. The second kappa shape index (κ2) is 4.50. The number of fused-ring (bicyclic) bond motifs is 2. The highest BCUT2D eigenvalue weighted by atomic mass is 15.2. The van der Waals surface area contributed by atoms with E-state index in [4.69, 9.17) is 0 Å². The molecule has 3 heterocycles. The third-order valence-corrected chi connectivity index (χ3v) is 5.60. The quantitative estimate of drug-likeness (QED) is 0.767. The second-order valence-electron chi connectivity index (χ2n) is 6.94. The van der Waals surface area contributed by atoms with Crippen LogP contribution in [0.1, 0.15) is 19.3 Å². The zero-order valence-electron chi connectivity index (χ0n) is 12.7. The number of para-hydroxylation sites is 2. The third kappa shape index (κ3) is 1.72. The molecule has 1 aromatic carbocycles. The first-order chi connectivity index (χ1) is 10.8. The van der Waals surface area contributed by atoms with Crippen molar-refractivity contribution in [3.8, 4) is 0 Å². The number of anilines is 2. The van der Waals surface area contributed by atoms with Gasteiger partial charge in [-0.05, 0) is 67.1 Å². The minimum atomic E-state index is 0.363. The maximum absolute atomic E-state index is 3.55. The Morgan fingerprint density at radius 1 is 1.14 bits per heavy atom. The summed E-state index contributed by atoms with van der Waals surface area (Å²) in [5.41, 5.74) is 5.86. The molecule has 1 aromatic rings. The fourth-order valence-corrected chi connectivity index (χ4v) is 4.52. The summed E-state index contributed by atoms with van der Waals surface area (Å²) in [4.78, 5) is 2.43. The van der Waals surface area contributed by atoms with Gasteiger partial charge in [0.15, 0.2) is 0 Å². The lowest BCUT2D eigenvalue weighted by Crippen LogP contribution is -2.41. The van der Waals surface area contributed by atoms with Gasteiger partial charge < -0.3 is 15.5 Å². The van der Waals surface area contributed by atoms with Gasteiger partial charge >= 0.3 is 0 Å². The molecule has 0 amide bonds. The summed E-state index contributed by atoms with van der Waals surface area (Å²) in [6.07, 6.45) is 13.1. The molecule has 1 spiro atoms. The smallest absolute Gasteiger partial charge is 0.0814 e. The molecule has 0 radical (unpaired) electrons. The van der Waals surface area contributed by atoms with Crippen molar-refractivity contribution in [3.05, 3.63) is 60.0 Å². The van der Waals surface area contributed by atoms with Gasteiger partial charge in [0.2, 0.25) is 0 Å². The van der Waals surface area contributed by atoms with E-state index in [2.05, 4.69) is 64.4 Å². The number of nitrogens with zero attached hydrogens (tertiary/aromatic N) is 1. The summed E-state index contributed by atoms with van der Waals surface area (Å²) in [5.74, 6) is 0. The molecule has 3 heteroatoms. The predicted octanol–water partition coefficient (Wildman–Crippen LogP) is 3.40. The summed E-state index contributed by atoms with van der Waals surface area (Å²) in [5, 5.41) is 7.06. The maximum atomic E-state index is 3.55. The van der Waals surface area contributed by atoms with Crippen molar-refractivity contribution in [1.29, 1.82) is 0 Å². The van der Waals surface area contributed by atoms with Crippen LogP contribution in [0.3, 0.4) is 0 Å². The van der Waals surface area contributed by atoms with Crippen molar-refractivity contribution in [2.24, 2.45) is 5.41 Å². The van der Waals surface area contributed by atoms with Gasteiger partial charge in [0, 0.05) is 12.4 Å². The zero-order valence-corrected chi connectivity index (χ0v) is 12.7. The highest BCUT2D eigenvalue weighted by Crippen LogP contribution is 2.49. The van der Waals surface area contributed by atoms with Crippen molar-refractivity contribution >= 4 is 11.4 Å². The molecule has 22 heavy (non-hydrogen) atoms. The lowest BCUT2D eigenvalue weighted by molar-refractivity contribution is 0.258. The number of nitrogens with one attached hydrogen (secondary N) is 2. The summed E-state index contributed by atoms with van der Waals surface area (Å²) in [6, 6.07) is 9.00. The maximum Gasteiger partial charge on any atom is 0.0814 e. The topological polar surface area (TPSA) is 27.3 Å². The fourth-order valence-electron chi connectivity index (χ4n) is 4.52. The molecule has 0 bridgehead atoms. The van der Waals surface area contributed by atoms with Crippen molar-refractivity contribution in [1.82, 2.24) is 5.32 Å². The summed E-state index contributed by atoms with van der Waals surface area (Å²) in [6.45, 7) is 2.28. The van der Waals surface area contributed by atoms with E-state index in [1.807, 2.05) is 0 Å². The number of benzene rings is 1. The molecule has 0 aromatic heterocycles. The van der Waals surface area contributed by atoms with Crippen molar-refractivity contribution < 1.29 is 0 Å². The largest absolute Gasteiger partial charge is 0.360 e. The van der Waals surface area contributed by atoms with E-state index in [-0.39, 0.29) is 0 Å². The number of allylic oxidation sites excluding steroid dienone is 1. The standard InChI is InChI=1S/C19H21N3/c1-2-4-17-16(3-1)21-13-15-12-19(6-8-20-9-7-19)11-14-5-10-22(17)18(14)15/h1-5,10-11,13,18,20-21H,6-9,12H2. The van der Waals surface area contributed by atoms with Crippen LogP contribution in [-0.4, -0.2) is 19.1 Å². The Bertz CT molecular complexity index is 707. The van der Waals surface area contributed by atoms with E-state index in [1.165, 1.54) is 41.8 Å². The van der Waals surface area contributed by atoms with Crippen LogP contribution in [-0.2, 0) is 0 Å². The molecule has 0 saturated carbocycles. The molecule has 1 atom stereocenters. The molecule has 1 fully saturated rings. The average molecular weight is 291 g/mol. The summed E-state index contributed by atoms with van der Waals surface area (Å²) in [7, 11) is 0. The van der Waals surface area contributed by atoms with E-state index in [0.717, 1.165) is 13.1 Å². The Morgan fingerprint density at radius 2 is 2.00 bits per heavy atom. The molecule has 4 aliphatic rings. The Morgan fingerprint density at radius 3 is 2.91 bits per heavy atom. The van der Waals surface area contributed by atoms with Gasteiger partial charge in [-0.25, -0.2) is 0 Å². The lowest BCUT2D eigenvalue weighted by Gasteiger charge is -2.42.